The minimum absolute atomic E-state index is 0.227. The predicted molar refractivity (Wildman–Crippen MR) is 75.2 cm³/mol. The molecule has 0 spiro atoms. The molecule has 1 atom stereocenters. The van der Waals surface area contributed by atoms with Gasteiger partial charge in [-0.15, -0.1) is 0 Å². The molecule has 0 radical (unpaired) electrons. The minimum Gasteiger partial charge on any atom is -0.444 e. The van der Waals surface area contributed by atoms with Crippen LogP contribution in [0.2, 0.25) is 0 Å². The van der Waals surface area contributed by atoms with Gasteiger partial charge in [-0.1, -0.05) is 0 Å². The van der Waals surface area contributed by atoms with Crippen molar-refractivity contribution in [1.82, 2.24) is 9.80 Å². The zero-order chi connectivity index (χ0) is 14.5. The third kappa shape index (κ3) is 5.78. The van der Waals surface area contributed by atoms with Crippen molar-refractivity contribution in [3.63, 3.8) is 0 Å². The number of likely N-dealkylation sites (N-methyl/N-ethyl adjacent to an activating group) is 1. The van der Waals surface area contributed by atoms with Crippen LogP contribution in [0, 0.1) is 0 Å². The molecule has 1 amide bonds. The van der Waals surface area contributed by atoms with E-state index in [9.17, 15) is 4.79 Å². The molecule has 0 saturated carbocycles. The molecular weight excluding hydrogens is 244 g/mol. The highest BCUT2D eigenvalue weighted by molar-refractivity contribution is 5.67. The van der Waals surface area contributed by atoms with Crippen LogP contribution >= 0.6 is 0 Å². The summed E-state index contributed by atoms with van der Waals surface area (Å²) in [4.78, 5) is 15.9. The number of likely N-dealkylation sites (tertiary alicyclic amines) is 1. The lowest BCUT2D eigenvalue weighted by atomic mass is 10.2. The van der Waals surface area contributed by atoms with Crippen LogP contribution in [0.5, 0.6) is 0 Å². The van der Waals surface area contributed by atoms with E-state index in [2.05, 4.69) is 4.90 Å². The van der Waals surface area contributed by atoms with E-state index < -0.39 is 5.60 Å². The van der Waals surface area contributed by atoms with Gasteiger partial charge < -0.3 is 14.7 Å². The molecule has 112 valence electrons. The minimum atomic E-state index is -0.447. The summed E-state index contributed by atoms with van der Waals surface area (Å²) in [5, 5.41) is 8.90. The van der Waals surface area contributed by atoms with Gasteiger partial charge in [-0.25, -0.2) is 4.79 Å². The third-order valence-electron chi connectivity index (χ3n) is 3.29. The van der Waals surface area contributed by atoms with Crippen LogP contribution < -0.4 is 0 Å². The first-order valence-corrected chi connectivity index (χ1v) is 7.12. The first kappa shape index (κ1) is 16.2. The third-order valence-corrected chi connectivity index (χ3v) is 3.29. The van der Waals surface area contributed by atoms with Crippen molar-refractivity contribution in [3.05, 3.63) is 0 Å². The second kappa shape index (κ2) is 7.10. The van der Waals surface area contributed by atoms with Crippen LogP contribution in [0.1, 0.15) is 40.0 Å². The van der Waals surface area contributed by atoms with E-state index in [1.54, 1.807) is 11.9 Å². The summed E-state index contributed by atoms with van der Waals surface area (Å²) >= 11 is 0. The van der Waals surface area contributed by atoms with E-state index in [-0.39, 0.29) is 12.7 Å². The van der Waals surface area contributed by atoms with Crippen LogP contribution in [0.4, 0.5) is 4.79 Å². The molecule has 0 bridgehead atoms. The summed E-state index contributed by atoms with van der Waals surface area (Å²) in [7, 11) is 1.79. The quantitative estimate of drug-likeness (QED) is 0.827. The number of ether oxygens (including phenoxy) is 1. The Balaban J connectivity index is 2.42. The van der Waals surface area contributed by atoms with Gasteiger partial charge >= 0.3 is 6.09 Å². The summed E-state index contributed by atoms with van der Waals surface area (Å²) in [6, 6.07) is 0.393. The summed E-state index contributed by atoms with van der Waals surface area (Å²) in [5.41, 5.74) is -0.447. The Bertz CT molecular complexity index is 289. The number of hydrogen-bond donors (Lipinski definition) is 1. The first-order valence-electron chi connectivity index (χ1n) is 7.12. The predicted octanol–water partition coefficient (Wildman–Crippen LogP) is 1.70. The average molecular weight is 272 g/mol. The lowest BCUT2D eigenvalue weighted by molar-refractivity contribution is 0.0257. The second-order valence-corrected chi connectivity index (χ2v) is 6.27. The Morgan fingerprint density at radius 3 is 2.74 bits per heavy atom. The fourth-order valence-corrected chi connectivity index (χ4v) is 2.40. The van der Waals surface area contributed by atoms with Gasteiger partial charge in [0.15, 0.2) is 0 Å². The fourth-order valence-electron chi connectivity index (χ4n) is 2.40. The molecule has 1 saturated heterocycles. The molecule has 0 aliphatic carbocycles. The summed E-state index contributed by atoms with van der Waals surface area (Å²) in [6.07, 6.45) is 2.81. The van der Waals surface area contributed by atoms with Crippen molar-refractivity contribution in [2.45, 2.75) is 51.7 Å². The Morgan fingerprint density at radius 2 is 2.16 bits per heavy atom. The van der Waals surface area contributed by atoms with Crippen molar-refractivity contribution in [2.75, 3.05) is 33.3 Å². The first-order chi connectivity index (χ1) is 8.83. The maximum atomic E-state index is 11.9. The molecule has 1 aliphatic heterocycles. The van der Waals surface area contributed by atoms with Gasteiger partial charge in [0.25, 0.3) is 0 Å². The summed E-state index contributed by atoms with van der Waals surface area (Å²) in [6.45, 7) is 8.52. The van der Waals surface area contributed by atoms with Crippen molar-refractivity contribution >= 4 is 6.09 Å². The van der Waals surface area contributed by atoms with Crippen LogP contribution in [0.15, 0.2) is 0 Å². The Labute approximate surface area is 116 Å². The molecule has 1 unspecified atom stereocenters. The summed E-state index contributed by atoms with van der Waals surface area (Å²) < 4.78 is 5.35. The molecule has 19 heavy (non-hydrogen) atoms. The van der Waals surface area contributed by atoms with Crippen molar-refractivity contribution in [1.29, 1.82) is 0 Å². The maximum absolute atomic E-state index is 11.9. The van der Waals surface area contributed by atoms with Crippen molar-refractivity contribution < 1.29 is 14.6 Å². The second-order valence-electron chi connectivity index (χ2n) is 6.27. The van der Waals surface area contributed by atoms with Gasteiger partial charge in [-0.2, -0.15) is 0 Å². The molecule has 1 aliphatic rings. The number of nitrogens with zero attached hydrogens (tertiary/aromatic N) is 2. The molecule has 0 aromatic heterocycles. The molecule has 5 nitrogen and oxygen atoms in total. The molecule has 1 fully saturated rings. The lowest BCUT2D eigenvalue weighted by Crippen LogP contribution is -2.43. The van der Waals surface area contributed by atoms with Crippen molar-refractivity contribution in [2.24, 2.45) is 0 Å². The number of rotatable bonds is 5. The van der Waals surface area contributed by atoms with Gasteiger partial charge in [0.05, 0.1) is 0 Å². The van der Waals surface area contributed by atoms with Crippen LogP contribution in [-0.4, -0.2) is 65.9 Å². The van der Waals surface area contributed by atoms with Gasteiger partial charge in [0.2, 0.25) is 0 Å². The number of aliphatic hydroxyl groups is 1. The van der Waals surface area contributed by atoms with E-state index >= 15 is 0 Å². The Morgan fingerprint density at radius 1 is 1.47 bits per heavy atom. The highest BCUT2D eigenvalue weighted by atomic mass is 16.6. The fraction of sp³-hybridized carbons (Fsp3) is 0.929. The molecule has 0 aromatic rings. The van der Waals surface area contributed by atoms with Gasteiger partial charge in [0.1, 0.15) is 5.60 Å². The number of carbonyl (C=O) groups is 1. The van der Waals surface area contributed by atoms with Crippen molar-refractivity contribution in [3.8, 4) is 0 Å². The summed E-state index contributed by atoms with van der Waals surface area (Å²) in [5.74, 6) is 0. The largest absolute Gasteiger partial charge is 0.444 e. The topological polar surface area (TPSA) is 53.0 Å². The highest BCUT2D eigenvalue weighted by Crippen LogP contribution is 2.19. The zero-order valence-corrected chi connectivity index (χ0v) is 12.7. The smallest absolute Gasteiger partial charge is 0.410 e. The monoisotopic (exact) mass is 272 g/mol. The van der Waals surface area contributed by atoms with E-state index in [0.29, 0.717) is 12.6 Å². The van der Waals surface area contributed by atoms with E-state index in [1.165, 1.54) is 0 Å². The molecule has 0 aromatic carbocycles. The van der Waals surface area contributed by atoms with Gasteiger partial charge in [-0.05, 0) is 46.6 Å². The molecule has 1 N–H and O–H groups in total. The van der Waals surface area contributed by atoms with E-state index in [1.807, 2.05) is 20.8 Å². The Hall–Kier alpha value is -0.810. The molecular formula is C14H28N2O3. The Kier molecular flexibility index (Phi) is 6.07. The number of amides is 1. The molecule has 1 rings (SSSR count). The lowest BCUT2D eigenvalue weighted by Gasteiger charge is -2.30. The molecule has 5 heteroatoms. The average Bonchev–Trinajstić information content (AvgIpc) is 2.71. The number of aliphatic hydroxyl groups excluding tert-OH is 1. The normalized spacial score (nSPS) is 20.6. The van der Waals surface area contributed by atoms with Crippen LogP contribution in [0.3, 0.4) is 0 Å². The van der Waals surface area contributed by atoms with Gasteiger partial charge in [-0.3, -0.25) is 4.90 Å². The van der Waals surface area contributed by atoms with E-state index in [4.69, 9.17) is 9.84 Å². The standard InChI is InChI=1S/C14H28N2O3/c1-14(2,3)19-13(18)15(4)11-12-7-5-8-16(12)9-6-10-17/h12,17H,5-11H2,1-4H3. The molecule has 1 heterocycles. The van der Waals surface area contributed by atoms with Gasteiger partial charge in [0, 0.05) is 32.8 Å². The van der Waals surface area contributed by atoms with E-state index in [0.717, 1.165) is 32.4 Å². The number of hydrogen-bond acceptors (Lipinski definition) is 4. The van der Waals surface area contributed by atoms with Crippen LogP contribution in [-0.2, 0) is 4.74 Å². The highest BCUT2D eigenvalue weighted by Gasteiger charge is 2.28. The maximum Gasteiger partial charge on any atom is 0.410 e. The zero-order valence-electron chi connectivity index (χ0n) is 12.7. The van der Waals surface area contributed by atoms with Crippen LogP contribution in [0.25, 0.3) is 0 Å². The SMILES string of the molecule is CN(CC1CCCN1CCCO)C(=O)OC(C)(C)C. The number of carbonyl (C=O) groups excluding carboxylic acids is 1.